The fourth-order valence-electron chi connectivity index (χ4n) is 3.49. The highest BCUT2D eigenvalue weighted by molar-refractivity contribution is 5.79. The van der Waals surface area contributed by atoms with Gasteiger partial charge in [0.25, 0.3) is 0 Å². The maximum Gasteiger partial charge on any atom is 0.224 e. The standard InChI is InChI=1S/C15H28N2O/c1-12(2)9-15(6-4-7-15)11-17-14(18)13-5-3-8-16-10-13/h12-13,16H,3-11H2,1-2H3,(H,17,18). The first-order valence-electron chi connectivity index (χ1n) is 7.60. The van der Waals surface area contributed by atoms with Gasteiger partial charge in [-0.05, 0) is 50.0 Å². The Hall–Kier alpha value is -0.570. The van der Waals surface area contributed by atoms with Crippen LogP contribution in [-0.4, -0.2) is 25.5 Å². The van der Waals surface area contributed by atoms with E-state index in [0.29, 0.717) is 5.41 Å². The van der Waals surface area contributed by atoms with Crippen LogP contribution in [-0.2, 0) is 4.79 Å². The van der Waals surface area contributed by atoms with E-state index in [0.717, 1.165) is 38.4 Å². The predicted octanol–water partition coefficient (Wildman–Crippen LogP) is 2.32. The van der Waals surface area contributed by atoms with Crippen molar-refractivity contribution in [2.24, 2.45) is 17.3 Å². The lowest BCUT2D eigenvalue weighted by Crippen LogP contribution is -2.47. The molecular weight excluding hydrogens is 224 g/mol. The van der Waals surface area contributed by atoms with Crippen LogP contribution in [0.5, 0.6) is 0 Å². The molecular formula is C15H28N2O. The van der Waals surface area contributed by atoms with Crippen molar-refractivity contribution < 1.29 is 4.79 Å². The predicted molar refractivity (Wildman–Crippen MR) is 74.3 cm³/mol. The molecule has 0 spiro atoms. The number of carbonyl (C=O) groups excluding carboxylic acids is 1. The van der Waals surface area contributed by atoms with E-state index < -0.39 is 0 Å². The average Bonchev–Trinajstić information content (AvgIpc) is 2.32. The van der Waals surface area contributed by atoms with Crippen LogP contribution in [0.1, 0.15) is 52.4 Å². The van der Waals surface area contributed by atoms with Gasteiger partial charge in [0.1, 0.15) is 0 Å². The monoisotopic (exact) mass is 252 g/mol. The Morgan fingerprint density at radius 2 is 2.17 bits per heavy atom. The molecule has 1 atom stereocenters. The third-order valence-electron chi connectivity index (χ3n) is 4.56. The van der Waals surface area contributed by atoms with Gasteiger partial charge >= 0.3 is 0 Å². The van der Waals surface area contributed by atoms with E-state index in [2.05, 4.69) is 24.5 Å². The van der Waals surface area contributed by atoms with Crippen LogP contribution in [0.2, 0.25) is 0 Å². The van der Waals surface area contributed by atoms with Crippen LogP contribution in [0, 0.1) is 17.3 Å². The second-order valence-electron chi connectivity index (χ2n) is 6.71. The molecule has 104 valence electrons. The van der Waals surface area contributed by atoms with Crippen molar-refractivity contribution in [3.63, 3.8) is 0 Å². The van der Waals surface area contributed by atoms with Gasteiger partial charge in [-0.2, -0.15) is 0 Å². The molecule has 1 unspecified atom stereocenters. The molecule has 0 bridgehead atoms. The van der Waals surface area contributed by atoms with E-state index >= 15 is 0 Å². The molecule has 2 N–H and O–H groups in total. The summed E-state index contributed by atoms with van der Waals surface area (Å²) in [5, 5.41) is 6.53. The number of nitrogens with one attached hydrogen (secondary N) is 2. The summed E-state index contributed by atoms with van der Waals surface area (Å²) in [5.74, 6) is 1.21. The summed E-state index contributed by atoms with van der Waals surface area (Å²) in [7, 11) is 0. The van der Waals surface area contributed by atoms with Crippen molar-refractivity contribution in [3.8, 4) is 0 Å². The number of amides is 1. The van der Waals surface area contributed by atoms with Gasteiger partial charge in [0.05, 0.1) is 5.92 Å². The minimum absolute atomic E-state index is 0.204. The lowest BCUT2D eigenvalue weighted by Gasteiger charge is -2.43. The SMILES string of the molecule is CC(C)CC1(CNC(=O)C2CCCNC2)CCC1. The number of carbonyl (C=O) groups is 1. The molecule has 3 heteroatoms. The summed E-state index contributed by atoms with van der Waals surface area (Å²) >= 11 is 0. The highest BCUT2D eigenvalue weighted by Gasteiger charge is 2.37. The van der Waals surface area contributed by atoms with Crippen molar-refractivity contribution in [2.45, 2.75) is 52.4 Å². The zero-order valence-electron chi connectivity index (χ0n) is 11.9. The van der Waals surface area contributed by atoms with E-state index in [1.165, 1.54) is 25.7 Å². The van der Waals surface area contributed by atoms with Gasteiger partial charge in [0.15, 0.2) is 0 Å². The van der Waals surface area contributed by atoms with Crippen LogP contribution in [0.4, 0.5) is 0 Å². The number of piperidine rings is 1. The number of rotatable bonds is 5. The molecule has 1 saturated heterocycles. The van der Waals surface area contributed by atoms with Gasteiger partial charge < -0.3 is 10.6 Å². The minimum atomic E-state index is 0.204. The third-order valence-corrected chi connectivity index (χ3v) is 4.56. The largest absolute Gasteiger partial charge is 0.355 e. The van der Waals surface area contributed by atoms with Crippen molar-refractivity contribution in [2.75, 3.05) is 19.6 Å². The highest BCUT2D eigenvalue weighted by atomic mass is 16.1. The summed E-state index contributed by atoms with van der Waals surface area (Å²) < 4.78 is 0. The number of hydrogen-bond donors (Lipinski definition) is 2. The Bertz CT molecular complexity index is 278. The summed E-state index contributed by atoms with van der Waals surface area (Å²) in [6, 6.07) is 0. The molecule has 3 nitrogen and oxygen atoms in total. The Morgan fingerprint density at radius 3 is 2.67 bits per heavy atom. The van der Waals surface area contributed by atoms with Crippen LogP contribution in [0.15, 0.2) is 0 Å². The van der Waals surface area contributed by atoms with Crippen molar-refractivity contribution in [3.05, 3.63) is 0 Å². The Balaban J connectivity index is 1.77. The molecule has 1 amide bonds. The minimum Gasteiger partial charge on any atom is -0.355 e. The summed E-state index contributed by atoms with van der Waals surface area (Å²) in [5.41, 5.74) is 0.423. The summed E-state index contributed by atoms with van der Waals surface area (Å²) in [6.07, 6.45) is 7.39. The first kappa shape index (κ1) is 13.9. The molecule has 0 aromatic heterocycles. The van der Waals surface area contributed by atoms with Gasteiger partial charge in [0.2, 0.25) is 5.91 Å². The Kier molecular flexibility index (Phi) is 4.66. The second kappa shape index (κ2) is 6.05. The van der Waals surface area contributed by atoms with Crippen molar-refractivity contribution in [1.29, 1.82) is 0 Å². The topological polar surface area (TPSA) is 41.1 Å². The molecule has 0 aromatic carbocycles. The van der Waals surface area contributed by atoms with Crippen molar-refractivity contribution in [1.82, 2.24) is 10.6 Å². The van der Waals surface area contributed by atoms with E-state index in [9.17, 15) is 4.79 Å². The molecule has 1 heterocycles. The van der Waals surface area contributed by atoms with Crippen LogP contribution < -0.4 is 10.6 Å². The molecule has 0 aromatic rings. The van der Waals surface area contributed by atoms with E-state index in [1.807, 2.05) is 0 Å². The first-order chi connectivity index (χ1) is 8.61. The second-order valence-corrected chi connectivity index (χ2v) is 6.71. The van der Waals surface area contributed by atoms with Gasteiger partial charge in [0, 0.05) is 13.1 Å². The molecule has 1 aliphatic carbocycles. The molecule has 1 saturated carbocycles. The van der Waals surface area contributed by atoms with E-state index in [4.69, 9.17) is 0 Å². The fourth-order valence-corrected chi connectivity index (χ4v) is 3.49. The Labute approximate surface area is 111 Å². The number of hydrogen-bond acceptors (Lipinski definition) is 2. The lowest BCUT2D eigenvalue weighted by atomic mass is 9.64. The highest BCUT2D eigenvalue weighted by Crippen LogP contribution is 2.45. The quantitative estimate of drug-likeness (QED) is 0.788. The maximum absolute atomic E-state index is 12.1. The van der Waals surface area contributed by atoms with Gasteiger partial charge in [-0.1, -0.05) is 20.3 Å². The molecule has 18 heavy (non-hydrogen) atoms. The third kappa shape index (κ3) is 3.47. The van der Waals surface area contributed by atoms with Crippen LogP contribution in [0.3, 0.4) is 0 Å². The van der Waals surface area contributed by atoms with Gasteiger partial charge in [-0.3, -0.25) is 4.79 Å². The summed E-state index contributed by atoms with van der Waals surface area (Å²) in [6.45, 7) is 7.41. The van der Waals surface area contributed by atoms with E-state index in [-0.39, 0.29) is 11.8 Å². The van der Waals surface area contributed by atoms with Crippen LogP contribution >= 0.6 is 0 Å². The smallest absolute Gasteiger partial charge is 0.224 e. The zero-order chi connectivity index (χ0) is 13.0. The molecule has 2 aliphatic rings. The van der Waals surface area contributed by atoms with Gasteiger partial charge in [-0.25, -0.2) is 0 Å². The normalized spacial score (nSPS) is 26.7. The fraction of sp³-hybridized carbons (Fsp3) is 0.933. The maximum atomic E-state index is 12.1. The summed E-state index contributed by atoms with van der Waals surface area (Å²) in [4.78, 5) is 12.1. The zero-order valence-corrected chi connectivity index (χ0v) is 11.9. The molecule has 0 radical (unpaired) electrons. The molecule has 1 aliphatic heterocycles. The molecule has 2 rings (SSSR count). The molecule has 2 fully saturated rings. The Morgan fingerprint density at radius 1 is 1.39 bits per heavy atom. The van der Waals surface area contributed by atoms with Gasteiger partial charge in [-0.15, -0.1) is 0 Å². The average molecular weight is 252 g/mol. The van der Waals surface area contributed by atoms with E-state index in [1.54, 1.807) is 0 Å². The lowest BCUT2D eigenvalue weighted by molar-refractivity contribution is -0.126. The van der Waals surface area contributed by atoms with Crippen molar-refractivity contribution >= 4 is 5.91 Å². The first-order valence-corrected chi connectivity index (χ1v) is 7.60. The van der Waals surface area contributed by atoms with Crippen LogP contribution in [0.25, 0.3) is 0 Å².